The molecule has 0 fully saturated rings. The number of amides is 1. The molecule has 0 radical (unpaired) electrons. The van der Waals surface area contributed by atoms with Crippen molar-refractivity contribution in [3.8, 4) is 0 Å². The van der Waals surface area contributed by atoms with Crippen LogP contribution in [0.2, 0.25) is 0 Å². The first kappa shape index (κ1) is 15.8. The number of anilines is 2. The van der Waals surface area contributed by atoms with Gasteiger partial charge in [0.05, 0.1) is 5.75 Å². The maximum Gasteiger partial charge on any atom is 0.230 e. The Kier molecular flexibility index (Phi) is 5.58. The molecule has 2 rings (SSSR count). The van der Waals surface area contributed by atoms with Gasteiger partial charge < -0.3 is 10.6 Å². The monoisotopic (exact) mass is 322 g/mol. The van der Waals surface area contributed by atoms with Crippen molar-refractivity contribution in [2.24, 2.45) is 0 Å². The molecule has 1 amide bonds. The van der Waals surface area contributed by atoms with Gasteiger partial charge in [0.2, 0.25) is 11.0 Å². The van der Waals surface area contributed by atoms with Crippen molar-refractivity contribution in [1.29, 1.82) is 0 Å². The molecular formula is C14H18N4OS2. The van der Waals surface area contributed by atoms with E-state index in [-0.39, 0.29) is 5.91 Å². The van der Waals surface area contributed by atoms with Crippen LogP contribution in [0.15, 0.2) is 22.5 Å². The lowest BCUT2D eigenvalue weighted by Crippen LogP contribution is -2.24. The van der Waals surface area contributed by atoms with Crippen LogP contribution in [0.1, 0.15) is 18.1 Å². The molecule has 1 aromatic carbocycles. The molecule has 5 nitrogen and oxygen atoms in total. The molecule has 21 heavy (non-hydrogen) atoms. The van der Waals surface area contributed by atoms with Crippen LogP contribution in [0.5, 0.6) is 0 Å². The number of rotatable bonds is 6. The molecule has 2 aromatic rings. The average molecular weight is 322 g/mol. The summed E-state index contributed by atoms with van der Waals surface area (Å²) in [5.74, 6) is 0.382. The van der Waals surface area contributed by atoms with Gasteiger partial charge >= 0.3 is 0 Å². The summed E-state index contributed by atoms with van der Waals surface area (Å²) >= 11 is 2.85. The fraction of sp³-hybridized carbons (Fsp3) is 0.357. The van der Waals surface area contributed by atoms with Gasteiger partial charge in [-0.05, 0) is 44.0 Å². The van der Waals surface area contributed by atoms with E-state index in [0.717, 1.165) is 15.2 Å². The lowest BCUT2D eigenvalue weighted by atomic mass is 10.1. The maximum absolute atomic E-state index is 11.4. The Morgan fingerprint density at radius 3 is 2.81 bits per heavy atom. The van der Waals surface area contributed by atoms with E-state index in [9.17, 15) is 4.79 Å². The van der Waals surface area contributed by atoms with E-state index in [1.54, 1.807) is 0 Å². The molecule has 0 aliphatic heterocycles. The quantitative estimate of drug-likeness (QED) is 0.800. The van der Waals surface area contributed by atoms with Crippen molar-refractivity contribution in [1.82, 2.24) is 15.5 Å². The first-order valence-corrected chi connectivity index (χ1v) is 8.46. The molecule has 0 aliphatic carbocycles. The Morgan fingerprint density at radius 1 is 1.29 bits per heavy atom. The highest BCUT2D eigenvalue weighted by molar-refractivity contribution is 8.01. The lowest BCUT2D eigenvalue weighted by Gasteiger charge is -2.05. The number of thioether (sulfide) groups is 1. The van der Waals surface area contributed by atoms with Gasteiger partial charge in [0.25, 0.3) is 0 Å². The molecule has 0 bridgehead atoms. The first-order valence-electron chi connectivity index (χ1n) is 6.65. The van der Waals surface area contributed by atoms with Crippen molar-refractivity contribution in [2.45, 2.75) is 25.1 Å². The van der Waals surface area contributed by atoms with Crippen LogP contribution in [0, 0.1) is 13.8 Å². The molecule has 1 aromatic heterocycles. The summed E-state index contributed by atoms with van der Waals surface area (Å²) in [6.45, 7) is 6.71. The molecule has 2 N–H and O–H groups in total. The number of aryl methyl sites for hydroxylation is 2. The third kappa shape index (κ3) is 4.71. The van der Waals surface area contributed by atoms with Crippen molar-refractivity contribution in [3.05, 3.63) is 29.3 Å². The predicted molar refractivity (Wildman–Crippen MR) is 88.5 cm³/mol. The van der Waals surface area contributed by atoms with E-state index in [4.69, 9.17) is 0 Å². The van der Waals surface area contributed by atoms with Crippen LogP contribution in [-0.2, 0) is 4.79 Å². The van der Waals surface area contributed by atoms with Gasteiger partial charge in [0, 0.05) is 12.2 Å². The average Bonchev–Trinajstić information content (AvgIpc) is 2.89. The number of carbonyl (C=O) groups is 1. The maximum atomic E-state index is 11.4. The van der Waals surface area contributed by atoms with Crippen LogP contribution in [0.25, 0.3) is 0 Å². The number of hydrogen-bond donors (Lipinski definition) is 2. The highest BCUT2D eigenvalue weighted by Gasteiger charge is 2.08. The fourth-order valence-electron chi connectivity index (χ4n) is 1.64. The van der Waals surface area contributed by atoms with E-state index in [1.807, 2.05) is 13.0 Å². The molecule has 0 aliphatic rings. The third-order valence-electron chi connectivity index (χ3n) is 2.87. The summed E-state index contributed by atoms with van der Waals surface area (Å²) in [4.78, 5) is 11.4. The van der Waals surface area contributed by atoms with Gasteiger partial charge in [-0.1, -0.05) is 29.2 Å². The minimum atomic E-state index is 0.0152. The standard InChI is InChI=1S/C14H18N4OS2/c1-4-15-12(19)8-20-14-18-17-13(21-14)16-11-6-5-9(2)10(3)7-11/h5-7H,4,8H2,1-3H3,(H,15,19)(H,16,17). The fourth-order valence-corrected chi connectivity index (χ4v) is 3.24. The summed E-state index contributed by atoms with van der Waals surface area (Å²) in [5.41, 5.74) is 3.49. The molecule has 0 atom stereocenters. The van der Waals surface area contributed by atoms with E-state index in [2.05, 4.69) is 46.8 Å². The normalized spacial score (nSPS) is 10.4. The van der Waals surface area contributed by atoms with Gasteiger partial charge in [0.15, 0.2) is 4.34 Å². The Morgan fingerprint density at radius 2 is 2.10 bits per heavy atom. The summed E-state index contributed by atoms with van der Waals surface area (Å²) < 4.78 is 0.785. The van der Waals surface area contributed by atoms with Gasteiger partial charge in [-0.25, -0.2) is 0 Å². The van der Waals surface area contributed by atoms with Crippen LogP contribution < -0.4 is 10.6 Å². The second-order valence-corrected chi connectivity index (χ2v) is 6.74. The van der Waals surface area contributed by atoms with Crippen molar-refractivity contribution in [3.63, 3.8) is 0 Å². The third-order valence-corrected chi connectivity index (χ3v) is 4.84. The molecule has 0 unspecified atom stereocenters. The van der Waals surface area contributed by atoms with Crippen LogP contribution in [0.4, 0.5) is 10.8 Å². The second-order valence-electron chi connectivity index (χ2n) is 4.54. The second kappa shape index (κ2) is 7.42. The molecule has 0 saturated heterocycles. The minimum Gasteiger partial charge on any atom is -0.356 e. The molecular weight excluding hydrogens is 304 g/mol. The zero-order chi connectivity index (χ0) is 15.2. The Hall–Kier alpha value is -1.60. The first-order chi connectivity index (χ1) is 10.1. The summed E-state index contributed by atoms with van der Waals surface area (Å²) in [6, 6.07) is 6.17. The van der Waals surface area contributed by atoms with Crippen molar-refractivity contribution >= 4 is 39.8 Å². The van der Waals surface area contributed by atoms with E-state index >= 15 is 0 Å². The Bertz CT molecular complexity index is 627. The molecule has 112 valence electrons. The highest BCUT2D eigenvalue weighted by atomic mass is 32.2. The highest BCUT2D eigenvalue weighted by Crippen LogP contribution is 2.28. The van der Waals surface area contributed by atoms with E-state index in [1.165, 1.54) is 34.2 Å². The van der Waals surface area contributed by atoms with Gasteiger partial charge in [-0.3, -0.25) is 4.79 Å². The number of carbonyl (C=O) groups excluding carboxylic acids is 1. The molecule has 7 heteroatoms. The largest absolute Gasteiger partial charge is 0.356 e. The lowest BCUT2D eigenvalue weighted by molar-refractivity contribution is -0.118. The van der Waals surface area contributed by atoms with Crippen molar-refractivity contribution < 1.29 is 4.79 Å². The van der Waals surface area contributed by atoms with Gasteiger partial charge in [-0.2, -0.15) is 0 Å². The smallest absolute Gasteiger partial charge is 0.230 e. The zero-order valence-corrected chi connectivity index (χ0v) is 13.9. The minimum absolute atomic E-state index is 0.0152. The zero-order valence-electron chi connectivity index (χ0n) is 12.3. The molecule has 0 saturated carbocycles. The number of hydrogen-bond acceptors (Lipinski definition) is 6. The summed E-state index contributed by atoms with van der Waals surface area (Å²) in [6.07, 6.45) is 0. The van der Waals surface area contributed by atoms with Gasteiger partial charge in [-0.15, -0.1) is 10.2 Å². The Labute approximate surface area is 132 Å². The predicted octanol–water partition coefficient (Wildman–Crippen LogP) is 3.13. The number of nitrogens with zero attached hydrogens (tertiary/aromatic N) is 2. The van der Waals surface area contributed by atoms with Crippen LogP contribution in [0.3, 0.4) is 0 Å². The summed E-state index contributed by atoms with van der Waals surface area (Å²) in [7, 11) is 0. The number of benzene rings is 1. The Balaban J connectivity index is 1.93. The van der Waals surface area contributed by atoms with Crippen LogP contribution in [-0.4, -0.2) is 28.4 Å². The topological polar surface area (TPSA) is 66.9 Å². The SMILES string of the molecule is CCNC(=O)CSc1nnc(Nc2ccc(C)c(C)c2)s1. The molecule has 1 heterocycles. The van der Waals surface area contributed by atoms with Crippen LogP contribution >= 0.6 is 23.1 Å². The number of aromatic nitrogens is 2. The van der Waals surface area contributed by atoms with E-state index in [0.29, 0.717) is 12.3 Å². The van der Waals surface area contributed by atoms with Gasteiger partial charge in [0.1, 0.15) is 0 Å². The van der Waals surface area contributed by atoms with E-state index < -0.39 is 0 Å². The summed E-state index contributed by atoms with van der Waals surface area (Å²) in [5, 5.41) is 14.9. The molecule has 0 spiro atoms. The number of nitrogens with one attached hydrogen (secondary N) is 2. The van der Waals surface area contributed by atoms with Crippen molar-refractivity contribution in [2.75, 3.05) is 17.6 Å².